The molecule has 0 aromatic heterocycles. The fourth-order valence-corrected chi connectivity index (χ4v) is 4.42. The van der Waals surface area contributed by atoms with Crippen molar-refractivity contribution in [2.24, 2.45) is 0 Å². The Labute approximate surface area is 220 Å². The third-order valence-electron chi connectivity index (χ3n) is 6.39. The molecule has 0 radical (unpaired) electrons. The number of para-hydroxylation sites is 1. The highest BCUT2D eigenvalue weighted by molar-refractivity contribution is 5.90. The third kappa shape index (κ3) is 6.94. The Balaban J connectivity index is 1.61. The molecule has 0 heterocycles. The lowest BCUT2D eigenvalue weighted by Crippen LogP contribution is -2.36. The molecule has 4 aromatic rings. The Kier molecular flexibility index (Phi) is 8.69. The zero-order valence-corrected chi connectivity index (χ0v) is 21.0. The van der Waals surface area contributed by atoms with Gasteiger partial charge in [0.25, 0.3) is 0 Å². The summed E-state index contributed by atoms with van der Waals surface area (Å²) in [7, 11) is 1.57. The number of halogens is 3. The number of benzene rings is 4. The second kappa shape index (κ2) is 12.3. The second-order valence-electron chi connectivity index (χ2n) is 8.91. The van der Waals surface area contributed by atoms with Gasteiger partial charge in [-0.2, -0.15) is 13.2 Å². The molecule has 4 rings (SSSR count). The standard InChI is InChI=1S/C31H29F3N2O2/c1-38-26-18-16-23(17-19-26)22-36(30(37)35-29-15-9-8-14-28(29)31(32,33)34)21-20-27(24-10-4-2-5-11-24)25-12-6-3-7-13-25/h2-19,27H,20-22H2,1H3,(H,35,37). The van der Waals surface area contributed by atoms with Crippen LogP contribution in [0.3, 0.4) is 0 Å². The molecule has 4 nitrogen and oxygen atoms in total. The lowest BCUT2D eigenvalue weighted by Gasteiger charge is -2.27. The van der Waals surface area contributed by atoms with E-state index < -0.39 is 17.8 Å². The monoisotopic (exact) mass is 518 g/mol. The van der Waals surface area contributed by atoms with Gasteiger partial charge in [0.2, 0.25) is 0 Å². The van der Waals surface area contributed by atoms with Crippen molar-refractivity contribution < 1.29 is 22.7 Å². The fourth-order valence-electron chi connectivity index (χ4n) is 4.42. The van der Waals surface area contributed by atoms with E-state index in [1.54, 1.807) is 24.1 Å². The Bertz CT molecular complexity index is 1270. The van der Waals surface area contributed by atoms with E-state index in [0.717, 1.165) is 22.8 Å². The van der Waals surface area contributed by atoms with Gasteiger partial charge in [-0.25, -0.2) is 4.79 Å². The molecule has 0 spiro atoms. The molecule has 196 valence electrons. The zero-order chi connectivity index (χ0) is 27.0. The van der Waals surface area contributed by atoms with Crippen LogP contribution in [0.25, 0.3) is 0 Å². The number of rotatable bonds is 9. The number of hydrogen-bond acceptors (Lipinski definition) is 2. The lowest BCUT2D eigenvalue weighted by molar-refractivity contribution is -0.136. The Morgan fingerprint density at radius 1 is 0.816 bits per heavy atom. The summed E-state index contributed by atoms with van der Waals surface area (Å²) in [4.78, 5) is 15.0. The number of amides is 2. The SMILES string of the molecule is COc1ccc(CN(CCC(c2ccccc2)c2ccccc2)C(=O)Nc2ccccc2C(F)(F)F)cc1. The summed E-state index contributed by atoms with van der Waals surface area (Å²) in [6.07, 6.45) is -4.01. The minimum Gasteiger partial charge on any atom is -0.497 e. The predicted octanol–water partition coefficient (Wildman–Crippen LogP) is 7.97. The van der Waals surface area contributed by atoms with Gasteiger partial charge in [-0.1, -0.05) is 84.9 Å². The molecular weight excluding hydrogens is 489 g/mol. The van der Waals surface area contributed by atoms with Crippen molar-refractivity contribution in [2.75, 3.05) is 19.0 Å². The van der Waals surface area contributed by atoms with E-state index in [1.807, 2.05) is 72.8 Å². The van der Waals surface area contributed by atoms with Gasteiger partial charge >= 0.3 is 12.2 Å². The van der Waals surface area contributed by atoms with Crippen LogP contribution < -0.4 is 10.1 Å². The lowest BCUT2D eigenvalue weighted by atomic mass is 9.88. The molecule has 0 aliphatic carbocycles. The number of carbonyl (C=O) groups is 1. The van der Waals surface area contributed by atoms with Gasteiger partial charge in [0.1, 0.15) is 5.75 Å². The van der Waals surface area contributed by atoms with Crippen LogP contribution in [-0.4, -0.2) is 24.6 Å². The molecular formula is C31H29F3N2O2. The minimum absolute atomic E-state index is 0.00558. The van der Waals surface area contributed by atoms with Crippen LogP contribution >= 0.6 is 0 Å². The molecule has 0 fully saturated rings. The normalized spacial score (nSPS) is 11.3. The summed E-state index contributed by atoms with van der Waals surface area (Å²) >= 11 is 0. The number of urea groups is 1. The molecule has 1 N–H and O–H groups in total. The van der Waals surface area contributed by atoms with Crippen molar-refractivity contribution in [2.45, 2.75) is 25.1 Å². The molecule has 0 saturated carbocycles. The quantitative estimate of drug-likeness (QED) is 0.244. The number of alkyl halides is 3. The first-order valence-corrected chi connectivity index (χ1v) is 12.3. The maximum atomic E-state index is 13.6. The molecule has 2 amide bonds. The highest BCUT2D eigenvalue weighted by Crippen LogP contribution is 2.35. The highest BCUT2D eigenvalue weighted by Gasteiger charge is 2.34. The van der Waals surface area contributed by atoms with Crippen LogP contribution in [0.5, 0.6) is 5.75 Å². The van der Waals surface area contributed by atoms with Crippen LogP contribution in [-0.2, 0) is 12.7 Å². The van der Waals surface area contributed by atoms with Gasteiger partial charge in [-0.15, -0.1) is 0 Å². The van der Waals surface area contributed by atoms with Gasteiger partial charge < -0.3 is 15.0 Å². The molecule has 0 saturated heterocycles. The number of anilines is 1. The summed E-state index contributed by atoms with van der Waals surface area (Å²) in [6, 6.07) is 31.7. The number of methoxy groups -OCH3 is 1. The Morgan fingerprint density at radius 2 is 1.37 bits per heavy atom. The van der Waals surface area contributed by atoms with Crippen molar-refractivity contribution in [1.29, 1.82) is 0 Å². The summed E-state index contributed by atoms with van der Waals surface area (Å²) in [5.41, 5.74) is 1.88. The number of carbonyl (C=O) groups excluding carboxylic acids is 1. The van der Waals surface area contributed by atoms with Gasteiger partial charge in [0.15, 0.2) is 0 Å². The molecule has 38 heavy (non-hydrogen) atoms. The van der Waals surface area contributed by atoms with Crippen molar-refractivity contribution in [3.63, 3.8) is 0 Å². The topological polar surface area (TPSA) is 41.6 Å². The fraction of sp³-hybridized carbons (Fsp3) is 0.194. The van der Waals surface area contributed by atoms with Gasteiger partial charge in [-0.05, 0) is 47.4 Å². The van der Waals surface area contributed by atoms with Crippen LogP contribution in [0.2, 0.25) is 0 Å². The summed E-state index contributed by atoms with van der Waals surface area (Å²) in [5.74, 6) is 0.683. The number of ether oxygens (including phenoxy) is 1. The zero-order valence-electron chi connectivity index (χ0n) is 21.0. The second-order valence-corrected chi connectivity index (χ2v) is 8.91. The third-order valence-corrected chi connectivity index (χ3v) is 6.39. The van der Waals surface area contributed by atoms with Crippen molar-refractivity contribution in [3.05, 3.63) is 131 Å². The highest BCUT2D eigenvalue weighted by atomic mass is 19.4. The predicted molar refractivity (Wildman–Crippen MR) is 143 cm³/mol. The molecule has 0 atom stereocenters. The van der Waals surface area contributed by atoms with Crippen LogP contribution in [0.1, 0.15) is 34.6 Å². The first-order valence-electron chi connectivity index (χ1n) is 12.3. The molecule has 0 aliphatic rings. The average molecular weight is 519 g/mol. The van der Waals surface area contributed by atoms with Crippen molar-refractivity contribution in [3.8, 4) is 5.75 Å². The van der Waals surface area contributed by atoms with Crippen LogP contribution in [0, 0.1) is 0 Å². The van der Waals surface area contributed by atoms with Crippen LogP contribution in [0.15, 0.2) is 109 Å². The number of hydrogen-bond donors (Lipinski definition) is 1. The summed E-state index contributed by atoms with van der Waals surface area (Å²) in [6.45, 7) is 0.542. The van der Waals surface area contributed by atoms with Crippen molar-refractivity contribution in [1.82, 2.24) is 4.90 Å². The largest absolute Gasteiger partial charge is 0.497 e. The first kappa shape index (κ1) is 26.8. The molecule has 4 aromatic carbocycles. The molecule has 0 bridgehead atoms. The number of nitrogens with zero attached hydrogens (tertiary/aromatic N) is 1. The van der Waals surface area contributed by atoms with Crippen LogP contribution in [0.4, 0.5) is 23.7 Å². The van der Waals surface area contributed by atoms with E-state index >= 15 is 0 Å². The maximum absolute atomic E-state index is 13.6. The summed E-state index contributed by atoms with van der Waals surface area (Å²) < 4.78 is 45.9. The van der Waals surface area contributed by atoms with E-state index in [0.29, 0.717) is 18.7 Å². The van der Waals surface area contributed by atoms with E-state index in [9.17, 15) is 18.0 Å². The van der Waals surface area contributed by atoms with Gasteiger partial charge in [0, 0.05) is 19.0 Å². The van der Waals surface area contributed by atoms with E-state index in [2.05, 4.69) is 5.32 Å². The van der Waals surface area contributed by atoms with E-state index in [4.69, 9.17) is 4.74 Å². The van der Waals surface area contributed by atoms with Crippen molar-refractivity contribution >= 4 is 11.7 Å². The molecule has 0 aliphatic heterocycles. The summed E-state index contributed by atoms with van der Waals surface area (Å²) in [5, 5.41) is 2.51. The van der Waals surface area contributed by atoms with Gasteiger partial charge in [0.05, 0.1) is 18.4 Å². The van der Waals surface area contributed by atoms with Gasteiger partial charge in [-0.3, -0.25) is 0 Å². The first-order chi connectivity index (χ1) is 18.3. The minimum atomic E-state index is -4.59. The Morgan fingerprint density at radius 3 is 1.92 bits per heavy atom. The maximum Gasteiger partial charge on any atom is 0.418 e. The molecule has 0 unspecified atom stereocenters. The van der Waals surface area contributed by atoms with E-state index in [1.165, 1.54) is 18.2 Å². The average Bonchev–Trinajstić information content (AvgIpc) is 2.94. The van der Waals surface area contributed by atoms with E-state index in [-0.39, 0.29) is 18.2 Å². The Hall–Kier alpha value is -4.26. The molecule has 7 heteroatoms. The number of nitrogens with one attached hydrogen (secondary N) is 1. The smallest absolute Gasteiger partial charge is 0.418 e.